The molecule has 1 aliphatic rings. The van der Waals surface area contributed by atoms with Crippen LogP contribution in [0, 0.1) is 0 Å². The van der Waals surface area contributed by atoms with Gasteiger partial charge in [-0.05, 0) is 42.2 Å². The highest BCUT2D eigenvalue weighted by Gasteiger charge is 2.26. The van der Waals surface area contributed by atoms with E-state index in [0.29, 0.717) is 36.9 Å². The van der Waals surface area contributed by atoms with Crippen LogP contribution in [0.15, 0.2) is 48.7 Å². The lowest BCUT2D eigenvalue weighted by Gasteiger charge is -2.35. The fourth-order valence-corrected chi connectivity index (χ4v) is 2.98. The number of amides is 2. The lowest BCUT2D eigenvalue weighted by molar-refractivity contribution is 0.0417. The Balaban J connectivity index is 1.70. The van der Waals surface area contributed by atoms with E-state index in [2.05, 4.69) is 18.8 Å². The number of benzene rings is 1. The van der Waals surface area contributed by atoms with Gasteiger partial charge in [0.15, 0.2) is 0 Å². The zero-order valence-corrected chi connectivity index (χ0v) is 14.7. The van der Waals surface area contributed by atoms with Crippen molar-refractivity contribution in [1.82, 2.24) is 14.8 Å². The van der Waals surface area contributed by atoms with E-state index >= 15 is 0 Å². The average molecular weight is 337 g/mol. The summed E-state index contributed by atoms with van der Waals surface area (Å²) in [4.78, 5) is 32.8. The van der Waals surface area contributed by atoms with Crippen LogP contribution in [0.4, 0.5) is 0 Å². The predicted octanol–water partition coefficient (Wildman–Crippen LogP) is 3.15. The van der Waals surface area contributed by atoms with Gasteiger partial charge in [-0.3, -0.25) is 14.6 Å². The number of nitrogens with zero attached hydrogens (tertiary/aromatic N) is 3. The lowest BCUT2D eigenvalue weighted by atomic mass is 10.0. The number of hydrogen-bond acceptors (Lipinski definition) is 3. The molecule has 2 aromatic rings. The second-order valence-electron chi connectivity index (χ2n) is 6.62. The Morgan fingerprint density at radius 2 is 1.64 bits per heavy atom. The quantitative estimate of drug-likeness (QED) is 0.864. The maximum absolute atomic E-state index is 12.8. The number of pyridine rings is 1. The summed E-state index contributed by atoms with van der Waals surface area (Å²) in [7, 11) is 0. The summed E-state index contributed by atoms with van der Waals surface area (Å²) in [6, 6.07) is 13.0. The van der Waals surface area contributed by atoms with Crippen molar-refractivity contribution in [2.45, 2.75) is 26.2 Å². The normalized spacial score (nSPS) is 14.7. The maximum atomic E-state index is 12.8. The van der Waals surface area contributed by atoms with Gasteiger partial charge in [0.05, 0.1) is 6.67 Å². The third-order valence-electron chi connectivity index (χ3n) is 4.48. The van der Waals surface area contributed by atoms with E-state index in [-0.39, 0.29) is 11.8 Å². The number of hydrogen-bond donors (Lipinski definition) is 0. The molecule has 1 saturated heterocycles. The Bertz CT molecular complexity index is 741. The molecule has 0 aliphatic carbocycles. The molecule has 0 atom stereocenters. The Morgan fingerprint density at radius 3 is 2.24 bits per heavy atom. The van der Waals surface area contributed by atoms with Gasteiger partial charge >= 0.3 is 0 Å². The van der Waals surface area contributed by atoms with Crippen molar-refractivity contribution in [2.24, 2.45) is 0 Å². The Labute approximate surface area is 148 Å². The van der Waals surface area contributed by atoms with Crippen LogP contribution in [-0.2, 0) is 0 Å². The van der Waals surface area contributed by atoms with Gasteiger partial charge in [-0.25, -0.2) is 0 Å². The zero-order chi connectivity index (χ0) is 17.8. The molecule has 2 heterocycles. The summed E-state index contributed by atoms with van der Waals surface area (Å²) in [6.07, 6.45) is 2.38. The van der Waals surface area contributed by atoms with Gasteiger partial charge in [0.2, 0.25) is 0 Å². The van der Waals surface area contributed by atoms with Gasteiger partial charge in [-0.1, -0.05) is 32.0 Å². The summed E-state index contributed by atoms with van der Waals surface area (Å²) >= 11 is 0. The van der Waals surface area contributed by atoms with Crippen molar-refractivity contribution in [1.29, 1.82) is 0 Å². The highest BCUT2D eigenvalue weighted by molar-refractivity contribution is 5.95. The summed E-state index contributed by atoms with van der Waals surface area (Å²) in [6.45, 7) is 5.87. The smallest absolute Gasteiger partial charge is 0.273 e. The Hall–Kier alpha value is -2.69. The largest absolute Gasteiger partial charge is 0.321 e. The first-order valence-corrected chi connectivity index (χ1v) is 8.66. The SMILES string of the molecule is CC(C)c1ccc(C(=O)N2CCCN(C(=O)c3ccccn3)C2)cc1. The average Bonchev–Trinajstić information content (AvgIpc) is 2.67. The van der Waals surface area contributed by atoms with Crippen LogP contribution < -0.4 is 0 Å². The fraction of sp³-hybridized carbons (Fsp3) is 0.350. The molecule has 0 bridgehead atoms. The summed E-state index contributed by atoms with van der Waals surface area (Å²) in [5.41, 5.74) is 2.29. The Kier molecular flexibility index (Phi) is 5.12. The zero-order valence-electron chi connectivity index (χ0n) is 14.7. The highest BCUT2D eigenvalue weighted by atomic mass is 16.2. The van der Waals surface area contributed by atoms with Crippen molar-refractivity contribution in [3.05, 3.63) is 65.5 Å². The minimum absolute atomic E-state index is 0.0335. The molecule has 2 amide bonds. The van der Waals surface area contributed by atoms with E-state index in [1.54, 1.807) is 34.2 Å². The molecule has 25 heavy (non-hydrogen) atoms. The number of rotatable bonds is 3. The third-order valence-corrected chi connectivity index (χ3v) is 4.48. The van der Waals surface area contributed by atoms with Gasteiger partial charge in [-0.2, -0.15) is 0 Å². The van der Waals surface area contributed by atoms with Crippen LogP contribution in [0.1, 0.15) is 52.6 Å². The van der Waals surface area contributed by atoms with Gasteiger partial charge in [0, 0.05) is 24.8 Å². The van der Waals surface area contributed by atoms with E-state index in [1.807, 2.05) is 24.3 Å². The van der Waals surface area contributed by atoms with Crippen LogP contribution in [0.3, 0.4) is 0 Å². The molecule has 0 saturated carbocycles. The van der Waals surface area contributed by atoms with E-state index in [9.17, 15) is 9.59 Å². The topological polar surface area (TPSA) is 53.5 Å². The van der Waals surface area contributed by atoms with Crippen molar-refractivity contribution >= 4 is 11.8 Å². The van der Waals surface area contributed by atoms with Gasteiger partial charge in [0.25, 0.3) is 11.8 Å². The van der Waals surface area contributed by atoms with Crippen molar-refractivity contribution in [2.75, 3.05) is 19.8 Å². The van der Waals surface area contributed by atoms with E-state index in [4.69, 9.17) is 0 Å². The minimum Gasteiger partial charge on any atom is -0.321 e. The maximum Gasteiger partial charge on any atom is 0.273 e. The standard InChI is InChI=1S/C20H23N3O2/c1-15(2)16-7-9-17(10-8-16)19(24)22-12-5-13-23(14-22)20(25)18-6-3-4-11-21-18/h3-4,6-11,15H,5,12-14H2,1-2H3. The molecule has 1 aromatic heterocycles. The number of carbonyl (C=O) groups excluding carboxylic acids is 2. The van der Waals surface area contributed by atoms with E-state index < -0.39 is 0 Å². The monoisotopic (exact) mass is 337 g/mol. The van der Waals surface area contributed by atoms with Crippen LogP contribution in [0.5, 0.6) is 0 Å². The summed E-state index contributed by atoms with van der Waals surface area (Å²) < 4.78 is 0. The molecule has 1 fully saturated rings. The highest BCUT2D eigenvalue weighted by Crippen LogP contribution is 2.17. The molecule has 0 N–H and O–H groups in total. The van der Waals surface area contributed by atoms with Gasteiger partial charge in [-0.15, -0.1) is 0 Å². The fourth-order valence-electron chi connectivity index (χ4n) is 2.98. The second kappa shape index (κ2) is 7.47. The van der Waals surface area contributed by atoms with E-state index in [1.165, 1.54) is 5.56 Å². The second-order valence-corrected chi connectivity index (χ2v) is 6.62. The molecule has 0 radical (unpaired) electrons. The molecule has 1 aromatic carbocycles. The molecule has 130 valence electrons. The molecule has 5 nitrogen and oxygen atoms in total. The van der Waals surface area contributed by atoms with E-state index in [0.717, 1.165) is 6.42 Å². The minimum atomic E-state index is -0.131. The molecule has 5 heteroatoms. The van der Waals surface area contributed by atoms with Crippen LogP contribution in [0.25, 0.3) is 0 Å². The molecular weight excluding hydrogens is 314 g/mol. The molecular formula is C20H23N3O2. The first kappa shape index (κ1) is 17.1. The van der Waals surface area contributed by atoms with Crippen LogP contribution in [0.2, 0.25) is 0 Å². The van der Waals surface area contributed by atoms with Crippen LogP contribution >= 0.6 is 0 Å². The molecule has 1 aliphatic heterocycles. The summed E-state index contributed by atoms with van der Waals surface area (Å²) in [5, 5.41) is 0. The van der Waals surface area contributed by atoms with Gasteiger partial charge < -0.3 is 9.80 Å². The van der Waals surface area contributed by atoms with Crippen molar-refractivity contribution < 1.29 is 9.59 Å². The Morgan fingerprint density at radius 1 is 0.960 bits per heavy atom. The third kappa shape index (κ3) is 3.87. The summed E-state index contributed by atoms with van der Waals surface area (Å²) in [5.74, 6) is 0.271. The molecule has 3 rings (SSSR count). The number of aromatic nitrogens is 1. The van der Waals surface area contributed by atoms with Crippen molar-refractivity contribution in [3.8, 4) is 0 Å². The van der Waals surface area contributed by atoms with Gasteiger partial charge in [0.1, 0.15) is 5.69 Å². The van der Waals surface area contributed by atoms with Crippen molar-refractivity contribution in [3.63, 3.8) is 0 Å². The first-order chi connectivity index (χ1) is 12.1. The lowest BCUT2D eigenvalue weighted by Crippen LogP contribution is -2.49. The number of carbonyl (C=O) groups is 2. The molecule has 0 spiro atoms. The van der Waals surface area contributed by atoms with Crippen LogP contribution in [-0.4, -0.2) is 46.4 Å². The predicted molar refractivity (Wildman–Crippen MR) is 96.3 cm³/mol. The molecule has 0 unspecified atom stereocenters. The first-order valence-electron chi connectivity index (χ1n) is 8.66.